The minimum Gasteiger partial charge on any atom is -0.348 e. The van der Waals surface area contributed by atoms with Crippen molar-refractivity contribution >= 4 is 17.2 Å². The van der Waals surface area contributed by atoms with E-state index in [0.717, 1.165) is 39.1 Å². The topological polar surface area (TPSA) is 59.5 Å². The fourth-order valence-electron chi connectivity index (χ4n) is 3.99. The molecule has 1 aromatic heterocycles. The molecule has 5 nitrogen and oxygen atoms in total. The molecular formula is C26H25N3O2. The van der Waals surface area contributed by atoms with Crippen LogP contribution < -0.4 is 0 Å². The van der Waals surface area contributed by atoms with Gasteiger partial charge in [-0.1, -0.05) is 72.8 Å². The molecule has 0 amide bonds. The van der Waals surface area contributed by atoms with E-state index in [1.165, 1.54) is 0 Å². The molecule has 1 aliphatic heterocycles. The standard InChI is InChI=1S/C26H25N3O2/c1-26(2)30-17-20(31-26)15-27-16-23-28-24-21(18-9-5-3-6-10-18)13-14-22(25(24)29-23)19-11-7-4-8-12-19/h3-14,16,20H,15,17H2,1-2H3,(H,28,29). The molecule has 156 valence electrons. The van der Waals surface area contributed by atoms with Crippen LogP contribution in [0.4, 0.5) is 0 Å². The van der Waals surface area contributed by atoms with Gasteiger partial charge in [-0.2, -0.15) is 0 Å². The molecule has 0 aliphatic carbocycles. The maximum atomic E-state index is 5.83. The largest absolute Gasteiger partial charge is 0.348 e. The molecule has 31 heavy (non-hydrogen) atoms. The molecule has 1 fully saturated rings. The molecule has 0 radical (unpaired) electrons. The van der Waals surface area contributed by atoms with Crippen molar-refractivity contribution in [2.24, 2.45) is 4.99 Å². The van der Waals surface area contributed by atoms with E-state index >= 15 is 0 Å². The van der Waals surface area contributed by atoms with E-state index in [0.29, 0.717) is 13.2 Å². The molecule has 2 heterocycles. The van der Waals surface area contributed by atoms with Crippen LogP contribution in [0.5, 0.6) is 0 Å². The van der Waals surface area contributed by atoms with Crippen molar-refractivity contribution in [3.05, 3.63) is 78.6 Å². The number of nitrogens with zero attached hydrogens (tertiary/aromatic N) is 2. The average molecular weight is 412 g/mol. The number of aliphatic imine (C=N–C) groups is 1. The Labute approximate surface area is 181 Å². The van der Waals surface area contributed by atoms with Crippen molar-refractivity contribution in [3.63, 3.8) is 0 Å². The summed E-state index contributed by atoms with van der Waals surface area (Å²) in [7, 11) is 0. The molecule has 0 bridgehead atoms. The van der Waals surface area contributed by atoms with Gasteiger partial charge in [0, 0.05) is 11.1 Å². The van der Waals surface area contributed by atoms with E-state index < -0.39 is 5.79 Å². The fourth-order valence-corrected chi connectivity index (χ4v) is 3.99. The summed E-state index contributed by atoms with van der Waals surface area (Å²) >= 11 is 0. The number of benzene rings is 3. The van der Waals surface area contributed by atoms with Gasteiger partial charge in [0.25, 0.3) is 0 Å². The first kappa shape index (κ1) is 19.7. The van der Waals surface area contributed by atoms with Crippen LogP contribution >= 0.6 is 0 Å². The monoisotopic (exact) mass is 411 g/mol. The van der Waals surface area contributed by atoms with Crippen LogP contribution in [-0.4, -0.2) is 41.2 Å². The summed E-state index contributed by atoms with van der Waals surface area (Å²) in [6.45, 7) is 4.94. The summed E-state index contributed by atoms with van der Waals surface area (Å²) in [6, 6.07) is 25.0. The van der Waals surface area contributed by atoms with Crippen molar-refractivity contribution < 1.29 is 9.47 Å². The Hall–Kier alpha value is -3.28. The zero-order chi connectivity index (χ0) is 21.3. The molecule has 0 saturated carbocycles. The summed E-state index contributed by atoms with van der Waals surface area (Å²) in [6.07, 6.45) is 1.76. The quantitative estimate of drug-likeness (QED) is 0.443. The van der Waals surface area contributed by atoms with Crippen molar-refractivity contribution in [1.29, 1.82) is 0 Å². The lowest BCUT2D eigenvalue weighted by Crippen LogP contribution is -2.22. The summed E-state index contributed by atoms with van der Waals surface area (Å²) in [4.78, 5) is 12.9. The number of hydrogen-bond acceptors (Lipinski definition) is 4. The molecular weight excluding hydrogens is 386 g/mol. The molecule has 3 aromatic carbocycles. The van der Waals surface area contributed by atoms with E-state index in [9.17, 15) is 0 Å². The third-order valence-electron chi connectivity index (χ3n) is 5.42. The Balaban J connectivity index is 1.52. The lowest BCUT2D eigenvalue weighted by atomic mass is 9.98. The molecule has 4 aromatic rings. The second-order valence-corrected chi connectivity index (χ2v) is 8.18. The Bertz CT molecular complexity index is 1140. The molecule has 1 aliphatic rings. The van der Waals surface area contributed by atoms with E-state index in [1.807, 2.05) is 38.1 Å². The number of aromatic amines is 1. The summed E-state index contributed by atoms with van der Waals surface area (Å²) in [5, 5.41) is 0. The maximum absolute atomic E-state index is 5.83. The van der Waals surface area contributed by atoms with Gasteiger partial charge in [0.2, 0.25) is 0 Å². The first-order valence-corrected chi connectivity index (χ1v) is 10.5. The normalized spacial score (nSPS) is 18.2. The van der Waals surface area contributed by atoms with Gasteiger partial charge in [0.05, 0.1) is 30.4 Å². The second-order valence-electron chi connectivity index (χ2n) is 8.18. The third-order valence-corrected chi connectivity index (χ3v) is 5.42. The highest BCUT2D eigenvalue weighted by Crippen LogP contribution is 2.34. The summed E-state index contributed by atoms with van der Waals surface area (Å²) in [5.74, 6) is 0.197. The highest BCUT2D eigenvalue weighted by molar-refractivity contribution is 6.02. The maximum Gasteiger partial charge on any atom is 0.163 e. The van der Waals surface area contributed by atoms with Gasteiger partial charge in [-0.25, -0.2) is 4.98 Å². The van der Waals surface area contributed by atoms with Gasteiger partial charge in [-0.3, -0.25) is 4.99 Å². The first-order chi connectivity index (χ1) is 15.1. The molecule has 5 heteroatoms. The van der Waals surface area contributed by atoms with Crippen LogP contribution in [0.2, 0.25) is 0 Å². The lowest BCUT2D eigenvalue weighted by Gasteiger charge is -2.16. The fraction of sp³-hybridized carbons (Fsp3) is 0.231. The Morgan fingerprint density at radius 2 is 1.61 bits per heavy atom. The first-order valence-electron chi connectivity index (χ1n) is 10.5. The number of ether oxygens (including phenoxy) is 2. The Morgan fingerprint density at radius 3 is 2.26 bits per heavy atom. The van der Waals surface area contributed by atoms with E-state index in [4.69, 9.17) is 14.5 Å². The van der Waals surface area contributed by atoms with Gasteiger partial charge in [-0.15, -0.1) is 0 Å². The van der Waals surface area contributed by atoms with Crippen LogP contribution in [0.1, 0.15) is 19.7 Å². The van der Waals surface area contributed by atoms with E-state index in [-0.39, 0.29) is 6.10 Å². The number of aromatic nitrogens is 2. The van der Waals surface area contributed by atoms with Gasteiger partial charge >= 0.3 is 0 Å². The van der Waals surface area contributed by atoms with Crippen molar-refractivity contribution in [1.82, 2.24) is 9.97 Å². The summed E-state index contributed by atoms with van der Waals surface area (Å²) in [5.41, 5.74) is 6.46. The smallest absolute Gasteiger partial charge is 0.163 e. The van der Waals surface area contributed by atoms with Crippen LogP contribution in [0.15, 0.2) is 77.8 Å². The van der Waals surface area contributed by atoms with E-state index in [1.54, 1.807) is 6.21 Å². The lowest BCUT2D eigenvalue weighted by molar-refractivity contribution is -0.137. The van der Waals surface area contributed by atoms with Crippen LogP contribution in [0.25, 0.3) is 33.3 Å². The second kappa shape index (κ2) is 8.10. The van der Waals surface area contributed by atoms with E-state index in [2.05, 4.69) is 58.5 Å². The summed E-state index contributed by atoms with van der Waals surface area (Å²) < 4.78 is 11.4. The molecule has 1 unspecified atom stereocenters. The number of imidazole rings is 1. The predicted octanol–water partition coefficient (Wildman–Crippen LogP) is 5.47. The average Bonchev–Trinajstić information content (AvgIpc) is 3.37. The van der Waals surface area contributed by atoms with Crippen molar-refractivity contribution in [2.75, 3.05) is 13.2 Å². The van der Waals surface area contributed by atoms with Gasteiger partial charge in [0.15, 0.2) is 5.79 Å². The highest BCUT2D eigenvalue weighted by Gasteiger charge is 2.32. The predicted molar refractivity (Wildman–Crippen MR) is 124 cm³/mol. The van der Waals surface area contributed by atoms with Crippen LogP contribution in [0.3, 0.4) is 0 Å². The molecule has 1 N–H and O–H groups in total. The Kier molecular flexibility index (Phi) is 5.14. The van der Waals surface area contributed by atoms with Gasteiger partial charge < -0.3 is 14.5 Å². The minimum absolute atomic E-state index is 0.0320. The number of nitrogens with one attached hydrogen (secondary N) is 1. The number of H-pyrrole nitrogens is 1. The molecule has 1 atom stereocenters. The SMILES string of the molecule is CC1(C)OCC(CN=Cc2nc3c(-c4ccccc4)ccc(-c4ccccc4)c3[nH]2)O1. The van der Waals surface area contributed by atoms with Crippen molar-refractivity contribution in [3.8, 4) is 22.3 Å². The zero-order valence-corrected chi connectivity index (χ0v) is 17.7. The zero-order valence-electron chi connectivity index (χ0n) is 17.7. The van der Waals surface area contributed by atoms with Crippen LogP contribution in [0, 0.1) is 0 Å². The number of fused-ring (bicyclic) bond motifs is 1. The highest BCUT2D eigenvalue weighted by atomic mass is 16.7. The molecule has 0 spiro atoms. The molecule has 1 saturated heterocycles. The minimum atomic E-state index is -0.533. The van der Waals surface area contributed by atoms with Crippen molar-refractivity contribution in [2.45, 2.75) is 25.7 Å². The van der Waals surface area contributed by atoms with Gasteiger partial charge in [-0.05, 0) is 25.0 Å². The third kappa shape index (κ3) is 4.15. The molecule has 5 rings (SSSR count). The Morgan fingerprint density at radius 1 is 0.968 bits per heavy atom. The number of rotatable bonds is 5. The van der Waals surface area contributed by atoms with Gasteiger partial charge in [0.1, 0.15) is 11.9 Å². The van der Waals surface area contributed by atoms with Crippen LogP contribution in [-0.2, 0) is 9.47 Å². The number of hydrogen-bond donors (Lipinski definition) is 1.